The Labute approximate surface area is 193 Å². The Morgan fingerprint density at radius 1 is 1.21 bits per heavy atom. The van der Waals surface area contributed by atoms with Crippen molar-refractivity contribution in [3.63, 3.8) is 0 Å². The van der Waals surface area contributed by atoms with E-state index in [0.29, 0.717) is 30.5 Å². The van der Waals surface area contributed by atoms with Gasteiger partial charge in [0.15, 0.2) is 0 Å². The first-order chi connectivity index (χ1) is 16.0. The summed E-state index contributed by atoms with van der Waals surface area (Å²) < 4.78 is 8.40. The number of carbonyl (C=O) groups is 2. The van der Waals surface area contributed by atoms with Crippen molar-refractivity contribution in [2.24, 2.45) is 0 Å². The molecule has 1 aromatic carbocycles. The summed E-state index contributed by atoms with van der Waals surface area (Å²) >= 11 is 0. The summed E-state index contributed by atoms with van der Waals surface area (Å²) in [5.41, 5.74) is 3.47. The van der Waals surface area contributed by atoms with Crippen LogP contribution in [0, 0.1) is 0 Å². The van der Waals surface area contributed by atoms with Crippen molar-refractivity contribution in [2.75, 3.05) is 24.6 Å². The average Bonchev–Trinajstić information content (AvgIpc) is 3.46. The molecule has 3 aliphatic heterocycles. The molecule has 0 unspecified atom stereocenters. The largest absolute Gasteiger partial charge is 0.490 e. The number of anilines is 1. The van der Waals surface area contributed by atoms with Crippen molar-refractivity contribution in [1.29, 1.82) is 0 Å². The van der Waals surface area contributed by atoms with Crippen LogP contribution in [0.1, 0.15) is 50.6 Å². The van der Waals surface area contributed by atoms with Crippen LogP contribution in [0.3, 0.4) is 0 Å². The standard InChI is InChI=1S/C24H31N5O4/c1-15-2-4-20-21(29(15)24(31)32)6-5-19(23(20)33-14-17-3-7-22(30)27-17)16-12-26-28(13-16)18-8-10-25-11-9-18/h5-6,12-13,15,17-18,25H,2-4,7-11,14H2,1H3,(H,27,30)(H,31,32)/t15-,17+/m0/s1. The van der Waals surface area contributed by atoms with Gasteiger partial charge in [-0.2, -0.15) is 5.10 Å². The fourth-order valence-corrected chi connectivity index (χ4v) is 5.22. The van der Waals surface area contributed by atoms with Crippen molar-refractivity contribution >= 4 is 17.7 Å². The van der Waals surface area contributed by atoms with Gasteiger partial charge in [-0.3, -0.25) is 14.4 Å². The molecule has 4 heterocycles. The van der Waals surface area contributed by atoms with E-state index in [0.717, 1.165) is 61.9 Å². The zero-order valence-electron chi connectivity index (χ0n) is 18.9. The predicted molar refractivity (Wildman–Crippen MR) is 124 cm³/mol. The van der Waals surface area contributed by atoms with Gasteiger partial charge in [-0.15, -0.1) is 0 Å². The second-order valence-electron chi connectivity index (χ2n) is 9.28. The first kappa shape index (κ1) is 21.8. The van der Waals surface area contributed by atoms with Crippen molar-refractivity contribution in [3.05, 3.63) is 30.1 Å². The molecule has 0 radical (unpaired) electrons. The van der Waals surface area contributed by atoms with Gasteiger partial charge in [0.25, 0.3) is 0 Å². The smallest absolute Gasteiger partial charge is 0.412 e. The minimum atomic E-state index is -0.955. The molecule has 176 valence electrons. The highest BCUT2D eigenvalue weighted by atomic mass is 16.5. The summed E-state index contributed by atoms with van der Waals surface area (Å²) in [6.45, 7) is 4.27. The molecule has 2 atom stereocenters. The molecule has 9 heteroatoms. The number of ether oxygens (including phenoxy) is 1. The molecule has 0 spiro atoms. The van der Waals surface area contributed by atoms with Gasteiger partial charge in [-0.1, -0.05) is 0 Å². The number of carboxylic acid groups (broad SMARTS) is 1. The van der Waals surface area contributed by atoms with Crippen LogP contribution in [0.25, 0.3) is 11.1 Å². The van der Waals surface area contributed by atoms with Gasteiger partial charge in [0.2, 0.25) is 5.91 Å². The average molecular weight is 454 g/mol. The van der Waals surface area contributed by atoms with E-state index < -0.39 is 6.09 Å². The summed E-state index contributed by atoms with van der Waals surface area (Å²) in [4.78, 5) is 25.1. The molecule has 2 fully saturated rings. The molecular formula is C24H31N5O4. The number of aromatic nitrogens is 2. The highest BCUT2D eigenvalue weighted by molar-refractivity contribution is 5.91. The van der Waals surface area contributed by atoms with Crippen molar-refractivity contribution < 1.29 is 19.4 Å². The molecule has 9 nitrogen and oxygen atoms in total. The highest BCUT2D eigenvalue weighted by Gasteiger charge is 2.32. The van der Waals surface area contributed by atoms with Crippen LogP contribution in [-0.4, -0.2) is 58.7 Å². The van der Waals surface area contributed by atoms with E-state index in [-0.39, 0.29) is 18.0 Å². The lowest BCUT2D eigenvalue weighted by molar-refractivity contribution is -0.119. The third kappa shape index (κ3) is 4.29. The number of amides is 2. The fraction of sp³-hybridized carbons (Fsp3) is 0.542. The second-order valence-corrected chi connectivity index (χ2v) is 9.28. The molecular weight excluding hydrogens is 422 g/mol. The molecule has 1 aromatic heterocycles. The zero-order valence-corrected chi connectivity index (χ0v) is 18.9. The number of piperidine rings is 1. The summed E-state index contributed by atoms with van der Waals surface area (Å²) in [7, 11) is 0. The number of nitrogens with zero attached hydrogens (tertiary/aromatic N) is 3. The third-order valence-electron chi connectivity index (χ3n) is 7.06. The zero-order chi connectivity index (χ0) is 22.9. The summed E-state index contributed by atoms with van der Waals surface area (Å²) in [6, 6.07) is 4.08. The molecule has 5 rings (SSSR count). The van der Waals surface area contributed by atoms with E-state index in [1.54, 1.807) is 0 Å². The van der Waals surface area contributed by atoms with E-state index in [9.17, 15) is 14.7 Å². The molecule has 3 aliphatic rings. The SMILES string of the molecule is C[C@H]1CCc2c(ccc(-c3cnn(C4CCNCC4)c3)c2OC[C@H]2CCC(=O)N2)N1C(=O)O. The van der Waals surface area contributed by atoms with Gasteiger partial charge in [0, 0.05) is 35.3 Å². The Morgan fingerprint density at radius 3 is 2.76 bits per heavy atom. The summed E-state index contributed by atoms with van der Waals surface area (Å²) in [5.74, 6) is 0.754. The van der Waals surface area contributed by atoms with Gasteiger partial charge in [-0.05, 0) is 64.3 Å². The topological polar surface area (TPSA) is 109 Å². The molecule has 33 heavy (non-hydrogen) atoms. The summed E-state index contributed by atoms with van der Waals surface area (Å²) in [6.07, 6.45) is 7.80. The van der Waals surface area contributed by atoms with Gasteiger partial charge < -0.3 is 20.5 Å². The van der Waals surface area contributed by atoms with Crippen LogP contribution < -0.4 is 20.3 Å². The number of nitrogens with one attached hydrogen (secondary N) is 2. The molecule has 0 aliphatic carbocycles. The Hall–Kier alpha value is -3.07. The van der Waals surface area contributed by atoms with Crippen molar-refractivity contribution in [1.82, 2.24) is 20.4 Å². The lowest BCUT2D eigenvalue weighted by Gasteiger charge is -2.34. The maximum atomic E-state index is 12.0. The van der Waals surface area contributed by atoms with Gasteiger partial charge in [0.1, 0.15) is 12.4 Å². The van der Waals surface area contributed by atoms with Crippen LogP contribution in [0.4, 0.5) is 10.5 Å². The third-order valence-corrected chi connectivity index (χ3v) is 7.06. The van der Waals surface area contributed by atoms with Crippen LogP contribution in [0.15, 0.2) is 24.5 Å². The minimum Gasteiger partial charge on any atom is -0.490 e. The second kappa shape index (κ2) is 9.05. The summed E-state index contributed by atoms with van der Waals surface area (Å²) in [5, 5.41) is 20.8. The Morgan fingerprint density at radius 2 is 2.03 bits per heavy atom. The Bertz CT molecular complexity index is 1050. The monoisotopic (exact) mass is 453 g/mol. The number of rotatable bonds is 5. The first-order valence-corrected chi connectivity index (χ1v) is 11.9. The van der Waals surface area contributed by atoms with Gasteiger partial charge >= 0.3 is 6.09 Å². The molecule has 2 saturated heterocycles. The first-order valence-electron chi connectivity index (χ1n) is 11.9. The van der Waals surface area contributed by atoms with Crippen LogP contribution >= 0.6 is 0 Å². The normalized spacial score (nSPS) is 23.3. The lowest BCUT2D eigenvalue weighted by Crippen LogP contribution is -2.41. The van der Waals surface area contributed by atoms with Crippen molar-refractivity contribution in [2.45, 2.75) is 63.6 Å². The van der Waals surface area contributed by atoms with Gasteiger partial charge in [-0.25, -0.2) is 4.79 Å². The van der Waals surface area contributed by atoms with Crippen LogP contribution in [0.2, 0.25) is 0 Å². The maximum absolute atomic E-state index is 12.0. The van der Waals surface area contributed by atoms with Crippen LogP contribution in [-0.2, 0) is 11.2 Å². The number of hydrogen-bond acceptors (Lipinski definition) is 5. The lowest BCUT2D eigenvalue weighted by atomic mass is 9.92. The van der Waals surface area contributed by atoms with E-state index in [1.807, 2.05) is 29.9 Å². The van der Waals surface area contributed by atoms with E-state index in [1.165, 1.54) is 4.90 Å². The molecule has 2 aromatic rings. The van der Waals surface area contributed by atoms with Crippen LogP contribution in [0.5, 0.6) is 5.75 Å². The quantitative estimate of drug-likeness (QED) is 0.642. The highest BCUT2D eigenvalue weighted by Crippen LogP contribution is 2.43. The van der Waals surface area contributed by atoms with E-state index >= 15 is 0 Å². The number of fused-ring (bicyclic) bond motifs is 1. The fourth-order valence-electron chi connectivity index (χ4n) is 5.22. The maximum Gasteiger partial charge on any atom is 0.412 e. The van der Waals surface area contributed by atoms with Gasteiger partial charge in [0.05, 0.1) is 24.0 Å². The number of carbonyl (C=O) groups excluding carboxylic acids is 1. The Balaban J connectivity index is 1.51. The molecule has 2 amide bonds. The van der Waals surface area contributed by atoms with E-state index in [4.69, 9.17) is 4.74 Å². The number of hydrogen-bond donors (Lipinski definition) is 3. The number of benzene rings is 1. The van der Waals surface area contributed by atoms with Crippen molar-refractivity contribution in [3.8, 4) is 16.9 Å². The Kier molecular flexibility index (Phi) is 5.97. The molecule has 3 N–H and O–H groups in total. The molecule has 0 bridgehead atoms. The predicted octanol–water partition coefficient (Wildman–Crippen LogP) is 2.95. The molecule has 0 saturated carbocycles. The minimum absolute atomic E-state index is 0.0308. The van der Waals surface area contributed by atoms with E-state index in [2.05, 4.69) is 21.9 Å².